The minimum absolute atomic E-state index is 0.154. The highest BCUT2D eigenvalue weighted by Crippen LogP contribution is 2.61. The van der Waals surface area contributed by atoms with Crippen molar-refractivity contribution < 1.29 is 14.3 Å². The summed E-state index contributed by atoms with van der Waals surface area (Å²) in [6.07, 6.45) is 9.00. The molecule has 0 spiro atoms. The smallest absolute Gasteiger partial charge is 0.328 e. The predicted molar refractivity (Wildman–Crippen MR) is 102 cm³/mol. The number of methoxy groups -OCH3 is 1. The number of nitrogens with zero attached hydrogens (tertiary/aromatic N) is 1. The SMILES string of the molecule is COC(=O)C1Cc2ccccc2CN1C(=O)CC12CC3CC(CC(C3)C1)C2. The Morgan fingerprint density at radius 1 is 1.04 bits per heavy atom. The lowest BCUT2D eigenvalue weighted by Gasteiger charge is -2.57. The zero-order chi connectivity index (χ0) is 18.6. The quantitative estimate of drug-likeness (QED) is 0.765. The Hall–Kier alpha value is -1.84. The molecule has 27 heavy (non-hydrogen) atoms. The number of hydrogen-bond donors (Lipinski definition) is 0. The van der Waals surface area contributed by atoms with E-state index in [9.17, 15) is 9.59 Å². The molecule has 4 bridgehead atoms. The van der Waals surface area contributed by atoms with Gasteiger partial charge in [0.2, 0.25) is 5.91 Å². The molecule has 0 aromatic heterocycles. The van der Waals surface area contributed by atoms with E-state index in [2.05, 4.69) is 12.1 Å². The number of benzene rings is 1. The largest absolute Gasteiger partial charge is 0.467 e. The zero-order valence-electron chi connectivity index (χ0n) is 16.2. The minimum atomic E-state index is -0.480. The van der Waals surface area contributed by atoms with E-state index in [-0.39, 0.29) is 17.3 Å². The fourth-order valence-electron chi connectivity index (χ4n) is 7.06. The molecule has 0 N–H and O–H groups in total. The normalized spacial score (nSPS) is 36.4. The second-order valence-electron chi connectivity index (χ2n) is 9.63. The molecule has 6 rings (SSSR count). The maximum absolute atomic E-state index is 13.4. The van der Waals surface area contributed by atoms with E-state index in [1.165, 1.54) is 45.6 Å². The van der Waals surface area contributed by atoms with Crippen molar-refractivity contribution in [2.24, 2.45) is 23.2 Å². The monoisotopic (exact) mass is 367 g/mol. The summed E-state index contributed by atoms with van der Waals surface area (Å²) < 4.78 is 5.05. The van der Waals surface area contributed by atoms with Crippen molar-refractivity contribution in [2.45, 2.75) is 64.0 Å². The van der Waals surface area contributed by atoms with E-state index in [0.717, 1.165) is 28.9 Å². The minimum Gasteiger partial charge on any atom is -0.467 e. The first-order valence-corrected chi connectivity index (χ1v) is 10.5. The van der Waals surface area contributed by atoms with Crippen LogP contribution in [0.1, 0.15) is 56.1 Å². The molecule has 4 fully saturated rings. The van der Waals surface area contributed by atoms with Crippen molar-refractivity contribution in [1.29, 1.82) is 0 Å². The molecule has 1 amide bonds. The molecule has 144 valence electrons. The molecule has 1 unspecified atom stereocenters. The number of fused-ring (bicyclic) bond motifs is 1. The van der Waals surface area contributed by atoms with Crippen LogP contribution in [0.2, 0.25) is 0 Å². The number of ether oxygens (including phenoxy) is 1. The molecule has 5 aliphatic rings. The average molecular weight is 367 g/mol. The van der Waals surface area contributed by atoms with Crippen LogP contribution in [0.25, 0.3) is 0 Å². The molecule has 1 atom stereocenters. The Kier molecular flexibility index (Phi) is 4.06. The van der Waals surface area contributed by atoms with Crippen molar-refractivity contribution in [3.63, 3.8) is 0 Å². The standard InChI is InChI=1S/C23H29NO3/c1-27-22(26)20-9-18-4-2-3-5-19(18)14-24(20)21(25)13-23-10-15-6-16(11-23)8-17(7-15)12-23/h2-5,15-17,20H,6-14H2,1H3. The van der Waals surface area contributed by atoms with E-state index in [1.54, 1.807) is 0 Å². The third-order valence-corrected chi connectivity index (χ3v) is 7.73. The van der Waals surface area contributed by atoms with Gasteiger partial charge in [0, 0.05) is 19.4 Å². The Labute approximate surface area is 161 Å². The van der Waals surface area contributed by atoms with E-state index in [4.69, 9.17) is 4.74 Å². The molecule has 4 saturated carbocycles. The average Bonchev–Trinajstić information content (AvgIpc) is 2.64. The van der Waals surface area contributed by atoms with E-state index in [0.29, 0.717) is 19.4 Å². The molecular formula is C23H29NO3. The first kappa shape index (κ1) is 17.3. The van der Waals surface area contributed by atoms with Gasteiger partial charge in [-0.2, -0.15) is 0 Å². The lowest BCUT2D eigenvalue weighted by molar-refractivity contribution is -0.157. The Morgan fingerprint density at radius 2 is 1.63 bits per heavy atom. The first-order valence-electron chi connectivity index (χ1n) is 10.5. The number of carbonyl (C=O) groups is 2. The lowest BCUT2D eigenvalue weighted by Crippen LogP contribution is -2.52. The lowest BCUT2D eigenvalue weighted by atomic mass is 9.49. The van der Waals surface area contributed by atoms with Crippen LogP contribution in [0.15, 0.2) is 24.3 Å². The first-order chi connectivity index (χ1) is 13.0. The van der Waals surface area contributed by atoms with Gasteiger partial charge in [-0.1, -0.05) is 24.3 Å². The maximum atomic E-state index is 13.4. The number of esters is 1. The van der Waals surface area contributed by atoms with Crippen LogP contribution in [0.5, 0.6) is 0 Å². The van der Waals surface area contributed by atoms with Crippen molar-refractivity contribution in [1.82, 2.24) is 4.90 Å². The van der Waals surface area contributed by atoms with Gasteiger partial charge in [0.15, 0.2) is 0 Å². The van der Waals surface area contributed by atoms with E-state index in [1.807, 2.05) is 17.0 Å². The molecule has 1 aliphatic heterocycles. The van der Waals surface area contributed by atoms with Gasteiger partial charge in [-0.25, -0.2) is 4.79 Å². The highest BCUT2D eigenvalue weighted by molar-refractivity contribution is 5.85. The highest BCUT2D eigenvalue weighted by atomic mass is 16.5. The van der Waals surface area contributed by atoms with Crippen molar-refractivity contribution in [2.75, 3.05) is 7.11 Å². The molecule has 4 heteroatoms. The number of hydrogen-bond acceptors (Lipinski definition) is 3. The number of carbonyl (C=O) groups excluding carboxylic acids is 2. The van der Waals surface area contributed by atoms with Crippen LogP contribution >= 0.6 is 0 Å². The molecular weight excluding hydrogens is 338 g/mol. The fraction of sp³-hybridized carbons (Fsp3) is 0.652. The van der Waals surface area contributed by atoms with Gasteiger partial charge in [-0.3, -0.25) is 4.79 Å². The molecule has 4 nitrogen and oxygen atoms in total. The van der Waals surface area contributed by atoms with Crippen molar-refractivity contribution in [3.05, 3.63) is 35.4 Å². The Bertz CT molecular complexity index is 735. The highest BCUT2D eigenvalue weighted by Gasteiger charge is 2.52. The maximum Gasteiger partial charge on any atom is 0.328 e. The van der Waals surface area contributed by atoms with E-state index >= 15 is 0 Å². The summed E-state index contributed by atoms with van der Waals surface area (Å²) in [4.78, 5) is 27.7. The summed E-state index contributed by atoms with van der Waals surface area (Å²) in [5, 5.41) is 0. The summed E-state index contributed by atoms with van der Waals surface area (Å²) in [5.74, 6) is 2.37. The molecule has 1 aromatic carbocycles. The van der Waals surface area contributed by atoms with E-state index < -0.39 is 6.04 Å². The Morgan fingerprint density at radius 3 is 2.22 bits per heavy atom. The molecule has 0 saturated heterocycles. The van der Waals surface area contributed by atoms with Crippen molar-refractivity contribution in [3.8, 4) is 0 Å². The van der Waals surface area contributed by atoms with Gasteiger partial charge in [0.05, 0.1) is 7.11 Å². The van der Waals surface area contributed by atoms with Gasteiger partial charge in [-0.15, -0.1) is 0 Å². The van der Waals surface area contributed by atoms with Crippen LogP contribution in [0, 0.1) is 23.2 Å². The zero-order valence-corrected chi connectivity index (χ0v) is 16.2. The summed E-state index contributed by atoms with van der Waals surface area (Å²) in [6, 6.07) is 7.67. The van der Waals surface area contributed by atoms with Crippen LogP contribution in [0.4, 0.5) is 0 Å². The summed E-state index contributed by atoms with van der Waals surface area (Å²) in [6.45, 7) is 0.529. The van der Waals surface area contributed by atoms with Gasteiger partial charge in [-0.05, 0) is 72.8 Å². The second-order valence-corrected chi connectivity index (χ2v) is 9.63. The molecule has 0 radical (unpaired) electrons. The van der Waals surface area contributed by atoms with Gasteiger partial charge < -0.3 is 9.64 Å². The predicted octanol–water partition coefficient (Wildman–Crippen LogP) is 3.72. The van der Waals surface area contributed by atoms with Gasteiger partial charge >= 0.3 is 5.97 Å². The molecule has 1 aromatic rings. The Balaban J connectivity index is 1.39. The van der Waals surface area contributed by atoms with Crippen LogP contribution in [-0.2, 0) is 27.3 Å². The topological polar surface area (TPSA) is 46.6 Å². The fourth-order valence-corrected chi connectivity index (χ4v) is 7.06. The summed E-state index contributed by atoms with van der Waals surface area (Å²) in [7, 11) is 1.42. The molecule has 4 aliphatic carbocycles. The second kappa shape index (κ2) is 6.35. The third kappa shape index (κ3) is 2.97. The van der Waals surface area contributed by atoms with Gasteiger partial charge in [0.1, 0.15) is 6.04 Å². The van der Waals surface area contributed by atoms with Gasteiger partial charge in [0.25, 0.3) is 0 Å². The number of amides is 1. The van der Waals surface area contributed by atoms with Crippen LogP contribution in [-0.4, -0.2) is 29.9 Å². The third-order valence-electron chi connectivity index (χ3n) is 7.73. The van der Waals surface area contributed by atoms with Crippen molar-refractivity contribution >= 4 is 11.9 Å². The summed E-state index contributed by atoms with van der Waals surface area (Å²) >= 11 is 0. The van der Waals surface area contributed by atoms with Crippen LogP contribution < -0.4 is 0 Å². The molecule has 1 heterocycles. The summed E-state index contributed by atoms with van der Waals surface area (Å²) in [5.41, 5.74) is 2.52. The van der Waals surface area contributed by atoms with Crippen LogP contribution in [0.3, 0.4) is 0 Å². The number of rotatable bonds is 3.